The Morgan fingerprint density at radius 1 is 1.37 bits per heavy atom. The third-order valence-electron chi connectivity index (χ3n) is 3.98. The standard InChI is InChI=1S/C14H18N2O3/c1-9-2-5-11(8-13(9)16(17)18)15-12-6-7-19-14(12)10-3-4-10/h2,5,8,10,12,14-15H,3-4,6-7H2,1H3. The lowest BCUT2D eigenvalue weighted by atomic mass is 10.1. The molecule has 1 aliphatic carbocycles. The van der Waals surface area contributed by atoms with Crippen molar-refractivity contribution < 1.29 is 9.66 Å². The zero-order valence-corrected chi connectivity index (χ0v) is 11.0. The van der Waals surface area contributed by atoms with Crippen molar-refractivity contribution in [2.45, 2.75) is 38.3 Å². The van der Waals surface area contributed by atoms with Gasteiger partial charge in [0.1, 0.15) is 0 Å². The molecule has 1 saturated heterocycles. The van der Waals surface area contributed by atoms with Gasteiger partial charge in [0.15, 0.2) is 0 Å². The Balaban J connectivity index is 1.75. The molecule has 0 aromatic heterocycles. The Bertz CT molecular complexity index is 499. The third-order valence-corrected chi connectivity index (χ3v) is 3.98. The van der Waals surface area contributed by atoms with Crippen molar-refractivity contribution in [3.63, 3.8) is 0 Å². The molecule has 2 atom stereocenters. The molecule has 3 rings (SSSR count). The second-order valence-corrected chi connectivity index (χ2v) is 5.47. The van der Waals surface area contributed by atoms with Crippen LogP contribution in [0.4, 0.5) is 11.4 Å². The normalized spacial score (nSPS) is 26.4. The predicted octanol–water partition coefficient (Wildman–Crippen LogP) is 2.88. The summed E-state index contributed by atoms with van der Waals surface area (Å²) >= 11 is 0. The quantitative estimate of drug-likeness (QED) is 0.669. The molecule has 1 heterocycles. The SMILES string of the molecule is Cc1ccc(NC2CCOC2C2CC2)cc1[N+](=O)[O-]. The molecule has 0 amide bonds. The molecular formula is C14H18N2O3. The molecule has 0 spiro atoms. The molecule has 5 heteroatoms. The van der Waals surface area contributed by atoms with Gasteiger partial charge in [-0.25, -0.2) is 0 Å². The number of hydrogen-bond donors (Lipinski definition) is 1. The number of benzene rings is 1. The number of ether oxygens (including phenoxy) is 1. The fourth-order valence-electron chi connectivity index (χ4n) is 2.77. The molecule has 2 aliphatic rings. The van der Waals surface area contributed by atoms with Crippen molar-refractivity contribution in [1.82, 2.24) is 0 Å². The molecule has 1 N–H and O–H groups in total. The van der Waals surface area contributed by atoms with Gasteiger partial charge in [-0.05, 0) is 38.2 Å². The van der Waals surface area contributed by atoms with Crippen LogP contribution in [0.5, 0.6) is 0 Å². The molecule has 1 aliphatic heterocycles. The number of rotatable bonds is 4. The van der Waals surface area contributed by atoms with Gasteiger partial charge in [-0.3, -0.25) is 10.1 Å². The van der Waals surface area contributed by atoms with Gasteiger partial charge in [0.05, 0.1) is 17.1 Å². The second kappa shape index (κ2) is 4.81. The monoisotopic (exact) mass is 262 g/mol. The van der Waals surface area contributed by atoms with E-state index in [1.807, 2.05) is 6.07 Å². The lowest BCUT2D eigenvalue weighted by molar-refractivity contribution is -0.385. The topological polar surface area (TPSA) is 64.4 Å². The molecule has 102 valence electrons. The van der Waals surface area contributed by atoms with Crippen LogP contribution in [-0.2, 0) is 4.74 Å². The Morgan fingerprint density at radius 3 is 2.84 bits per heavy atom. The first-order chi connectivity index (χ1) is 9.15. The fourth-order valence-corrected chi connectivity index (χ4v) is 2.77. The van der Waals surface area contributed by atoms with E-state index in [1.54, 1.807) is 19.1 Å². The fraction of sp³-hybridized carbons (Fsp3) is 0.571. The van der Waals surface area contributed by atoms with E-state index in [9.17, 15) is 10.1 Å². The van der Waals surface area contributed by atoms with Gasteiger partial charge in [-0.15, -0.1) is 0 Å². The molecular weight excluding hydrogens is 244 g/mol. The smallest absolute Gasteiger partial charge is 0.274 e. The van der Waals surface area contributed by atoms with Crippen LogP contribution in [0.3, 0.4) is 0 Å². The summed E-state index contributed by atoms with van der Waals surface area (Å²) in [5.74, 6) is 0.681. The molecule has 2 unspecified atom stereocenters. The predicted molar refractivity (Wildman–Crippen MR) is 72.3 cm³/mol. The summed E-state index contributed by atoms with van der Waals surface area (Å²) < 4.78 is 5.77. The van der Waals surface area contributed by atoms with Gasteiger partial charge in [0, 0.05) is 23.9 Å². The van der Waals surface area contributed by atoms with Gasteiger partial charge < -0.3 is 10.1 Å². The van der Waals surface area contributed by atoms with Crippen LogP contribution in [0.1, 0.15) is 24.8 Å². The number of nitro benzene ring substituents is 1. The molecule has 0 radical (unpaired) electrons. The number of hydrogen-bond acceptors (Lipinski definition) is 4. The van der Waals surface area contributed by atoms with Crippen LogP contribution in [-0.4, -0.2) is 23.7 Å². The molecule has 1 aromatic carbocycles. The minimum absolute atomic E-state index is 0.173. The first-order valence-corrected chi connectivity index (χ1v) is 6.78. The highest BCUT2D eigenvalue weighted by Crippen LogP contribution is 2.39. The first-order valence-electron chi connectivity index (χ1n) is 6.78. The molecule has 19 heavy (non-hydrogen) atoms. The van der Waals surface area contributed by atoms with E-state index in [-0.39, 0.29) is 22.8 Å². The van der Waals surface area contributed by atoms with Gasteiger partial charge in [0.2, 0.25) is 0 Å². The summed E-state index contributed by atoms with van der Waals surface area (Å²) in [4.78, 5) is 10.6. The number of nitrogens with one attached hydrogen (secondary N) is 1. The van der Waals surface area contributed by atoms with Crippen molar-refractivity contribution in [1.29, 1.82) is 0 Å². The minimum atomic E-state index is -0.329. The van der Waals surface area contributed by atoms with Gasteiger partial charge in [0.25, 0.3) is 5.69 Å². The number of aryl methyl sites for hydroxylation is 1. The van der Waals surface area contributed by atoms with Crippen molar-refractivity contribution in [3.8, 4) is 0 Å². The maximum Gasteiger partial charge on any atom is 0.274 e. The lowest BCUT2D eigenvalue weighted by Crippen LogP contribution is -2.30. The highest BCUT2D eigenvalue weighted by Gasteiger charge is 2.40. The largest absolute Gasteiger partial charge is 0.379 e. The number of nitro groups is 1. The van der Waals surface area contributed by atoms with E-state index in [2.05, 4.69) is 5.32 Å². The van der Waals surface area contributed by atoms with Crippen molar-refractivity contribution in [3.05, 3.63) is 33.9 Å². The third kappa shape index (κ3) is 2.56. The van der Waals surface area contributed by atoms with Crippen LogP contribution >= 0.6 is 0 Å². The molecule has 1 saturated carbocycles. The van der Waals surface area contributed by atoms with E-state index in [1.165, 1.54) is 12.8 Å². The lowest BCUT2D eigenvalue weighted by Gasteiger charge is -2.20. The summed E-state index contributed by atoms with van der Waals surface area (Å²) in [5, 5.41) is 14.4. The average molecular weight is 262 g/mol. The van der Waals surface area contributed by atoms with Crippen LogP contribution in [0.25, 0.3) is 0 Å². The maximum absolute atomic E-state index is 10.9. The van der Waals surface area contributed by atoms with E-state index in [0.29, 0.717) is 11.5 Å². The van der Waals surface area contributed by atoms with Crippen molar-refractivity contribution >= 4 is 11.4 Å². The molecule has 2 fully saturated rings. The number of anilines is 1. The summed E-state index contributed by atoms with van der Waals surface area (Å²) in [6, 6.07) is 5.61. The maximum atomic E-state index is 10.9. The van der Waals surface area contributed by atoms with E-state index in [0.717, 1.165) is 18.7 Å². The summed E-state index contributed by atoms with van der Waals surface area (Å²) in [5.41, 5.74) is 1.68. The Kier molecular flexibility index (Phi) is 3.14. The highest BCUT2D eigenvalue weighted by atomic mass is 16.6. The number of nitrogens with zero attached hydrogens (tertiary/aromatic N) is 1. The summed E-state index contributed by atoms with van der Waals surface area (Å²) in [7, 11) is 0. The van der Waals surface area contributed by atoms with Crippen LogP contribution < -0.4 is 5.32 Å². The molecule has 1 aromatic rings. The second-order valence-electron chi connectivity index (χ2n) is 5.47. The molecule has 5 nitrogen and oxygen atoms in total. The van der Waals surface area contributed by atoms with Crippen LogP contribution in [0, 0.1) is 23.0 Å². The van der Waals surface area contributed by atoms with Gasteiger partial charge >= 0.3 is 0 Å². The van der Waals surface area contributed by atoms with Crippen molar-refractivity contribution in [2.75, 3.05) is 11.9 Å². The Labute approximate surface area is 112 Å². The Morgan fingerprint density at radius 2 is 2.16 bits per heavy atom. The van der Waals surface area contributed by atoms with E-state index < -0.39 is 0 Å². The zero-order chi connectivity index (χ0) is 13.4. The zero-order valence-electron chi connectivity index (χ0n) is 11.0. The van der Waals surface area contributed by atoms with Gasteiger partial charge in [-0.1, -0.05) is 6.07 Å². The van der Waals surface area contributed by atoms with Crippen LogP contribution in [0.2, 0.25) is 0 Å². The summed E-state index contributed by atoms with van der Waals surface area (Å²) in [6.45, 7) is 2.54. The van der Waals surface area contributed by atoms with E-state index in [4.69, 9.17) is 4.74 Å². The van der Waals surface area contributed by atoms with Gasteiger partial charge in [-0.2, -0.15) is 0 Å². The summed E-state index contributed by atoms with van der Waals surface area (Å²) in [6.07, 6.45) is 3.75. The first kappa shape index (κ1) is 12.4. The van der Waals surface area contributed by atoms with Crippen molar-refractivity contribution in [2.24, 2.45) is 5.92 Å². The average Bonchev–Trinajstić information content (AvgIpc) is 3.12. The minimum Gasteiger partial charge on any atom is -0.379 e. The Hall–Kier alpha value is -1.62. The highest BCUT2D eigenvalue weighted by molar-refractivity contribution is 5.55. The van der Waals surface area contributed by atoms with E-state index >= 15 is 0 Å². The molecule has 0 bridgehead atoms. The van der Waals surface area contributed by atoms with Crippen LogP contribution in [0.15, 0.2) is 18.2 Å².